The number of nitrogens with one attached hydrogen (secondary N) is 1. The molecule has 2 fully saturated rings. The number of carbonyl (C=O) groups is 2. The van der Waals surface area contributed by atoms with Crippen LogP contribution in [0.15, 0.2) is 42.5 Å². The lowest BCUT2D eigenvalue weighted by Crippen LogP contribution is -2.49. The molecule has 0 spiro atoms. The Kier molecular flexibility index (Phi) is 6.96. The quantitative estimate of drug-likeness (QED) is 0.624. The third-order valence-corrected chi connectivity index (χ3v) is 6.43. The maximum Gasteiger partial charge on any atom is 0.407 e. The highest BCUT2D eigenvalue weighted by Crippen LogP contribution is 2.31. The minimum atomic E-state index is -1.07. The van der Waals surface area contributed by atoms with Gasteiger partial charge < -0.3 is 20.1 Å². The molecule has 2 aliphatic heterocycles. The Bertz CT molecular complexity index is 986. The molecule has 0 radical (unpaired) electrons. The van der Waals surface area contributed by atoms with E-state index >= 15 is 0 Å². The predicted molar refractivity (Wildman–Crippen MR) is 125 cm³/mol. The van der Waals surface area contributed by atoms with E-state index in [-0.39, 0.29) is 12.0 Å². The van der Waals surface area contributed by atoms with E-state index in [0.717, 1.165) is 38.0 Å². The molecule has 2 N–H and O–H groups in total. The predicted octanol–water partition coefficient (Wildman–Crippen LogP) is 5.12. The molecule has 2 amide bonds. The number of hydrogen-bond acceptors (Lipinski definition) is 4. The number of ether oxygens (including phenoxy) is 1. The SMILES string of the molecule is O=C(Nc1ccc(O[C@H]2CCN(c3ccc(Cl)cc3)C2)c(Cl)c1)[C@H]1CCCCN1C(=O)O. The van der Waals surface area contributed by atoms with Gasteiger partial charge in [0.25, 0.3) is 0 Å². The number of benzene rings is 2. The first-order chi connectivity index (χ1) is 15.4. The van der Waals surface area contributed by atoms with Crippen molar-refractivity contribution in [2.24, 2.45) is 0 Å². The molecular weight excluding hydrogens is 453 g/mol. The molecule has 0 bridgehead atoms. The highest BCUT2D eigenvalue weighted by atomic mass is 35.5. The van der Waals surface area contributed by atoms with Gasteiger partial charge in [0.15, 0.2) is 0 Å². The zero-order valence-electron chi connectivity index (χ0n) is 17.5. The monoisotopic (exact) mass is 477 g/mol. The van der Waals surface area contributed by atoms with Crippen molar-refractivity contribution in [3.63, 3.8) is 0 Å². The molecule has 0 aliphatic carbocycles. The highest BCUT2D eigenvalue weighted by Gasteiger charge is 2.32. The average Bonchev–Trinajstić information content (AvgIpc) is 3.24. The standard InChI is InChI=1S/C23H25Cl2N3O4/c24-15-4-7-17(8-5-15)27-12-10-18(14-27)32-21-9-6-16(13-19(21)25)26-22(29)20-3-1-2-11-28(20)23(30)31/h4-9,13,18,20H,1-3,10-12,14H2,(H,26,29)(H,30,31)/t18-,20+/m0/s1. The first kappa shape index (κ1) is 22.6. The van der Waals surface area contributed by atoms with Crippen molar-refractivity contribution in [3.05, 3.63) is 52.5 Å². The fourth-order valence-corrected chi connectivity index (χ4v) is 4.57. The third kappa shape index (κ3) is 5.22. The Hall–Kier alpha value is -2.64. The summed E-state index contributed by atoms with van der Waals surface area (Å²) in [5.74, 6) is 0.212. The van der Waals surface area contributed by atoms with Crippen molar-refractivity contribution in [3.8, 4) is 5.75 Å². The van der Waals surface area contributed by atoms with Crippen LogP contribution in [0.2, 0.25) is 10.0 Å². The molecule has 2 heterocycles. The second kappa shape index (κ2) is 9.88. The van der Waals surface area contributed by atoms with Gasteiger partial charge in [0.05, 0.1) is 11.6 Å². The molecule has 2 aromatic carbocycles. The Balaban J connectivity index is 1.35. The van der Waals surface area contributed by atoms with E-state index in [1.165, 1.54) is 4.90 Å². The van der Waals surface area contributed by atoms with Gasteiger partial charge in [-0.1, -0.05) is 23.2 Å². The van der Waals surface area contributed by atoms with E-state index in [2.05, 4.69) is 10.2 Å². The summed E-state index contributed by atoms with van der Waals surface area (Å²) in [6.07, 6.45) is 1.89. The summed E-state index contributed by atoms with van der Waals surface area (Å²) in [4.78, 5) is 27.5. The molecule has 0 aromatic heterocycles. The van der Waals surface area contributed by atoms with Crippen LogP contribution in [-0.2, 0) is 4.79 Å². The number of amides is 2. The van der Waals surface area contributed by atoms with Crippen LogP contribution in [0.4, 0.5) is 16.2 Å². The van der Waals surface area contributed by atoms with Crippen molar-refractivity contribution in [1.82, 2.24) is 4.90 Å². The number of halogens is 2. The van der Waals surface area contributed by atoms with E-state index < -0.39 is 12.1 Å². The summed E-state index contributed by atoms with van der Waals surface area (Å²) in [5.41, 5.74) is 1.61. The van der Waals surface area contributed by atoms with Crippen LogP contribution < -0.4 is 15.0 Å². The first-order valence-corrected chi connectivity index (χ1v) is 11.4. The van der Waals surface area contributed by atoms with Gasteiger partial charge in [0.1, 0.15) is 17.9 Å². The largest absolute Gasteiger partial charge is 0.487 e. The van der Waals surface area contributed by atoms with Crippen molar-refractivity contribution in [2.45, 2.75) is 37.8 Å². The zero-order valence-corrected chi connectivity index (χ0v) is 19.0. The molecular formula is C23H25Cl2N3O4. The number of nitrogens with zero attached hydrogens (tertiary/aromatic N) is 2. The van der Waals surface area contributed by atoms with Gasteiger partial charge in [-0.2, -0.15) is 0 Å². The summed E-state index contributed by atoms with van der Waals surface area (Å²) < 4.78 is 6.11. The Morgan fingerprint density at radius 2 is 1.81 bits per heavy atom. The van der Waals surface area contributed by atoms with Gasteiger partial charge in [-0.3, -0.25) is 9.69 Å². The number of anilines is 2. The van der Waals surface area contributed by atoms with Gasteiger partial charge in [-0.25, -0.2) is 4.79 Å². The molecule has 170 valence electrons. The topological polar surface area (TPSA) is 82.1 Å². The van der Waals surface area contributed by atoms with E-state index in [4.69, 9.17) is 27.9 Å². The molecule has 32 heavy (non-hydrogen) atoms. The molecule has 9 heteroatoms. The fraction of sp³-hybridized carbons (Fsp3) is 0.391. The number of rotatable bonds is 5. The van der Waals surface area contributed by atoms with E-state index in [9.17, 15) is 14.7 Å². The molecule has 0 saturated carbocycles. The number of hydrogen-bond donors (Lipinski definition) is 2. The Labute approximate surface area is 196 Å². The van der Waals surface area contributed by atoms with Gasteiger partial charge in [-0.05, 0) is 61.7 Å². The van der Waals surface area contributed by atoms with Gasteiger partial charge in [0.2, 0.25) is 5.91 Å². The Morgan fingerprint density at radius 3 is 2.53 bits per heavy atom. The lowest BCUT2D eigenvalue weighted by atomic mass is 10.0. The molecule has 4 rings (SSSR count). The van der Waals surface area contributed by atoms with E-state index in [1.54, 1.807) is 18.2 Å². The summed E-state index contributed by atoms with van der Waals surface area (Å²) in [5, 5.41) is 13.2. The molecule has 2 aromatic rings. The molecule has 7 nitrogen and oxygen atoms in total. The zero-order chi connectivity index (χ0) is 22.7. The summed E-state index contributed by atoms with van der Waals surface area (Å²) in [7, 11) is 0. The van der Waals surface area contributed by atoms with Gasteiger partial charge in [0, 0.05) is 35.9 Å². The van der Waals surface area contributed by atoms with Crippen LogP contribution in [-0.4, -0.2) is 53.8 Å². The van der Waals surface area contributed by atoms with E-state index in [1.807, 2.05) is 24.3 Å². The number of likely N-dealkylation sites (tertiary alicyclic amines) is 1. The summed E-state index contributed by atoms with van der Waals surface area (Å²) in [6.45, 7) is 1.98. The fourth-order valence-electron chi connectivity index (χ4n) is 4.22. The lowest BCUT2D eigenvalue weighted by Gasteiger charge is -2.32. The Morgan fingerprint density at radius 1 is 1.03 bits per heavy atom. The number of piperidine rings is 1. The third-order valence-electron chi connectivity index (χ3n) is 5.88. The maximum atomic E-state index is 12.6. The molecule has 0 unspecified atom stereocenters. The maximum absolute atomic E-state index is 12.6. The second-order valence-corrected chi connectivity index (χ2v) is 8.92. The molecule has 2 atom stereocenters. The minimum Gasteiger partial charge on any atom is -0.487 e. The van der Waals surface area contributed by atoms with Gasteiger partial charge in [-0.15, -0.1) is 0 Å². The van der Waals surface area contributed by atoms with Crippen molar-refractivity contribution in [2.75, 3.05) is 29.9 Å². The van der Waals surface area contributed by atoms with Crippen molar-refractivity contribution >= 4 is 46.6 Å². The molecule has 2 saturated heterocycles. The highest BCUT2D eigenvalue weighted by molar-refractivity contribution is 6.32. The number of carbonyl (C=O) groups excluding carboxylic acids is 1. The van der Waals surface area contributed by atoms with Crippen LogP contribution in [0.25, 0.3) is 0 Å². The van der Waals surface area contributed by atoms with Crippen LogP contribution in [0.3, 0.4) is 0 Å². The normalized spacial score (nSPS) is 20.8. The summed E-state index contributed by atoms with van der Waals surface area (Å²) >= 11 is 12.4. The first-order valence-electron chi connectivity index (χ1n) is 10.7. The van der Waals surface area contributed by atoms with Crippen LogP contribution >= 0.6 is 23.2 Å². The molecule has 2 aliphatic rings. The smallest absolute Gasteiger partial charge is 0.407 e. The second-order valence-electron chi connectivity index (χ2n) is 8.07. The van der Waals surface area contributed by atoms with Crippen LogP contribution in [0.1, 0.15) is 25.7 Å². The average molecular weight is 478 g/mol. The lowest BCUT2D eigenvalue weighted by molar-refractivity contribution is -0.121. The summed E-state index contributed by atoms with van der Waals surface area (Å²) in [6, 6.07) is 12.1. The van der Waals surface area contributed by atoms with Gasteiger partial charge >= 0.3 is 6.09 Å². The van der Waals surface area contributed by atoms with E-state index in [0.29, 0.717) is 34.4 Å². The minimum absolute atomic E-state index is 0.00465. The van der Waals surface area contributed by atoms with Crippen LogP contribution in [0.5, 0.6) is 5.75 Å². The van der Waals surface area contributed by atoms with Crippen molar-refractivity contribution in [1.29, 1.82) is 0 Å². The van der Waals surface area contributed by atoms with Crippen molar-refractivity contribution < 1.29 is 19.4 Å². The number of carboxylic acid groups (broad SMARTS) is 1. The van der Waals surface area contributed by atoms with Crippen LogP contribution in [0, 0.1) is 0 Å².